The molecule has 4 nitrogen and oxygen atoms in total. The summed E-state index contributed by atoms with van der Waals surface area (Å²) in [5, 5.41) is 0.979. The third-order valence-corrected chi connectivity index (χ3v) is 4.72. The molecule has 0 bridgehead atoms. The van der Waals surface area contributed by atoms with Gasteiger partial charge >= 0.3 is 0 Å². The van der Waals surface area contributed by atoms with Gasteiger partial charge in [0.05, 0.1) is 15.6 Å². The Bertz CT molecular complexity index is 790. The van der Waals surface area contributed by atoms with Crippen LogP contribution < -0.4 is 9.46 Å². The Kier molecular flexibility index (Phi) is 7.22. The molecule has 0 saturated carbocycles. The van der Waals surface area contributed by atoms with Crippen molar-refractivity contribution in [1.29, 1.82) is 0 Å². The van der Waals surface area contributed by atoms with E-state index in [4.69, 9.17) is 39.5 Å². The van der Waals surface area contributed by atoms with Crippen LogP contribution >= 0.6 is 46.9 Å². The number of carbonyl (C=O) groups is 1. The number of ether oxygens (including phenoxy) is 1. The van der Waals surface area contributed by atoms with E-state index in [0.29, 0.717) is 21.4 Å². The van der Waals surface area contributed by atoms with E-state index < -0.39 is 11.7 Å². The van der Waals surface area contributed by atoms with Gasteiger partial charge in [0.2, 0.25) is 0 Å². The molecule has 0 heterocycles. The molecule has 0 spiro atoms. The first-order valence-corrected chi connectivity index (χ1v) is 8.89. The van der Waals surface area contributed by atoms with E-state index in [1.807, 2.05) is 0 Å². The van der Waals surface area contributed by atoms with Crippen molar-refractivity contribution in [3.63, 3.8) is 0 Å². The maximum Gasteiger partial charge on any atom is 0.265 e. The monoisotopic (exact) mass is 422 g/mol. The van der Waals surface area contributed by atoms with Gasteiger partial charge in [0.15, 0.2) is 0 Å². The lowest BCUT2D eigenvalue weighted by atomic mass is 10.1. The van der Waals surface area contributed by atoms with E-state index in [1.165, 1.54) is 12.1 Å². The number of hydrogen-bond acceptors (Lipinski definition) is 4. The van der Waals surface area contributed by atoms with Gasteiger partial charge in [-0.1, -0.05) is 34.8 Å². The van der Waals surface area contributed by atoms with E-state index in [2.05, 4.69) is 4.72 Å². The molecule has 0 saturated heterocycles. The lowest BCUT2D eigenvalue weighted by Crippen LogP contribution is -2.22. The molecule has 0 aliphatic rings. The smallest absolute Gasteiger partial charge is 0.265 e. The molecule has 0 aliphatic carbocycles. The number of nitrogens with one attached hydrogen (secondary N) is 1. The highest BCUT2D eigenvalue weighted by Gasteiger charge is 2.16. The quantitative estimate of drug-likeness (QED) is 0.647. The zero-order valence-corrected chi connectivity index (χ0v) is 16.4. The second kappa shape index (κ2) is 8.96. The molecule has 0 fully saturated rings. The Balaban J connectivity index is 2.10. The molecule has 2 rings (SSSR count). The topological polar surface area (TPSA) is 41.6 Å². The van der Waals surface area contributed by atoms with Crippen LogP contribution in [0.25, 0.3) is 0 Å². The molecule has 1 amide bonds. The minimum absolute atomic E-state index is 0.0159. The number of hydrogen-bond donors (Lipinski definition) is 1. The molecule has 0 aromatic heterocycles. The summed E-state index contributed by atoms with van der Waals surface area (Å²) in [6.07, 6.45) is 0. The average molecular weight is 424 g/mol. The van der Waals surface area contributed by atoms with Gasteiger partial charge in [0.25, 0.3) is 5.91 Å². The standard InChI is InChI=1S/C16H14Cl3FN2O2S/c1-22(2)25-21-16(23)11-7-13(18)9(5-15(11)20)8-24-10-3-4-12(17)14(19)6-10/h3-7H,8H2,1-2H3,(H,21,23). The van der Waals surface area contributed by atoms with Crippen LogP contribution in [0.5, 0.6) is 5.75 Å². The van der Waals surface area contributed by atoms with Gasteiger partial charge in [-0.25, -0.2) is 8.70 Å². The minimum Gasteiger partial charge on any atom is -0.489 e. The van der Waals surface area contributed by atoms with Crippen molar-refractivity contribution >= 4 is 52.8 Å². The van der Waals surface area contributed by atoms with Gasteiger partial charge in [-0.05, 0) is 38.4 Å². The van der Waals surface area contributed by atoms with E-state index in [-0.39, 0.29) is 17.2 Å². The summed E-state index contributed by atoms with van der Waals surface area (Å²) < 4.78 is 23.9. The van der Waals surface area contributed by atoms with Crippen LogP contribution in [0.3, 0.4) is 0 Å². The van der Waals surface area contributed by atoms with Crippen LogP contribution in [0, 0.1) is 5.82 Å². The Morgan fingerprint density at radius 3 is 2.52 bits per heavy atom. The lowest BCUT2D eigenvalue weighted by molar-refractivity contribution is 0.0979. The zero-order chi connectivity index (χ0) is 18.6. The molecule has 25 heavy (non-hydrogen) atoms. The Hall–Kier alpha value is -1.18. The summed E-state index contributed by atoms with van der Waals surface area (Å²) >= 11 is 18.9. The van der Waals surface area contributed by atoms with Gasteiger partial charge in [0, 0.05) is 28.8 Å². The predicted molar refractivity (Wildman–Crippen MR) is 101 cm³/mol. The third-order valence-electron chi connectivity index (χ3n) is 2.99. The van der Waals surface area contributed by atoms with Crippen molar-refractivity contribution in [2.75, 3.05) is 14.1 Å². The van der Waals surface area contributed by atoms with Crippen LogP contribution in [0.4, 0.5) is 4.39 Å². The maximum atomic E-state index is 14.2. The van der Waals surface area contributed by atoms with Crippen molar-refractivity contribution in [1.82, 2.24) is 9.03 Å². The highest BCUT2D eigenvalue weighted by molar-refractivity contribution is 7.95. The summed E-state index contributed by atoms with van der Waals surface area (Å²) in [6, 6.07) is 7.23. The number of benzene rings is 2. The second-order valence-electron chi connectivity index (χ2n) is 5.12. The fraction of sp³-hybridized carbons (Fsp3) is 0.188. The predicted octanol–water partition coefficient (Wildman–Crippen LogP) is 5.22. The van der Waals surface area contributed by atoms with Crippen molar-refractivity contribution in [3.05, 3.63) is 62.3 Å². The molecule has 0 aliphatic heterocycles. The SMILES string of the molecule is CN(C)SNC(=O)c1cc(Cl)c(COc2ccc(Cl)c(Cl)c2)cc1F. The summed E-state index contributed by atoms with van der Waals surface area (Å²) in [5.41, 5.74) is 0.264. The molecular weight excluding hydrogens is 410 g/mol. The van der Waals surface area contributed by atoms with Gasteiger partial charge in [-0.2, -0.15) is 0 Å². The van der Waals surface area contributed by atoms with Crippen molar-refractivity contribution < 1.29 is 13.9 Å². The minimum atomic E-state index is -0.686. The highest BCUT2D eigenvalue weighted by Crippen LogP contribution is 2.28. The molecule has 1 N–H and O–H groups in total. The van der Waals surface area contributed by atoms with Gasteiger partial charge in [-0.15, -0.1) is 0 Å². The molecule has 9 heteroatoms. The number of rotatable bonds is 6. The van der Waals surface area contributed by atoms with Crippen LogP contribution in [0.15, 0.2) is 30.3 Å². The molecule has 0 radical (unpaired) electrons. The highest BCUT2D eigenvalue weighted by atomic mass is 35.5. The number of amides is 1. The molecule has 2 aromatic rings. The van der Waals surface area contributed by atoms with Gasteiger partial charge in [-0.3, -0.25) is 9.52 Å². The van der Waals surface area contributed by atoms with Crippen LogP contribution in [0.2, 0.25) is 15.1 Å². The van der Waals surface area contributed by atoms with Gasteiger partial charge < -0.3 is 4.74 Å². The fourth-order valence-corrected chi connectivity index (χ4v) is 2.67. The van der Waals surface area contributed by atoms with Crippen LogP contribution in [-0.4, -0.2) is 24.3 Å². The number of nitrogens with zero attached hydrogens (tertiary/aromatic N) is 1. The first kappa shape index (κ1) is 20.1. The normalized spacial score (nSPS) is 10.8. The average Bonchev–Trinajstić information content (AvgIpc) is 2.56. The first-order valence-electron chi connectivity index (χ1n) is 6.98. The summed E-state index contributed by atoms with van der Waals surface area (Å²) in [5.74, 6) is -0.792. The van der Waals surface area contributed by atoms with E-state index >= 15 is 0 Å². The maximum absolute atomic E-state index is 14.2. The number of halogens is 4. The van der Waals surface area contributed by atoms with Crippen LogP contribution in [-0.2, 0) is 6.61 Å². The fourth-order valence-electron chi connectivity index (χ4n) is 1.79. The Morgan fingerprint density at radius 2 is 1.88 bits per heavy atom. The van der Waals surface area contributed by atoms with E-state index in [0.717, 1.165) is 12.1 Å². The van der Waals surface area contributed by atoms with E-state index in [1.54, 1.807) is 36.6 Å². The third kappa shape index (κ3) is 5.66. The Morgan fingerprint density at radius 1 is 1.16 bits per heavy atom. The number of carbonyl (C=O) groups excluding carboxylic acids is 1. The molecule has 134 valence electrons. The van der Waals surface area contributed by atoms with Crippen LogP contribution in [0.1, 0.15) is 15.9 Å². The molecule has 2 aromatic carbocycles. The Labute approximate surface area is 164 Å². The molecule has 0 atom stereocenters. The summed E-state index contributed by atoms with van der Waals surface area (Å²) in [7, 11) is 3.50. The summed E-state index contributed by atoms with van der Waals surface area (Å²) in [4.78, 5) is 12.0. The first-order chi connectivity index (χ1) is 11.8. The van der Waals surface area contributed by atoms with Crippen molar-refractivity contribution in [2.45, 2.75) is 6.61 Å². The van der Waals surface area contributed by atoms with E-state index in [9.17, 15) is 9.18 Å². The largest absolute Gasteiger partial charge is 0.489 e. The zero-order valence-electron chi connectivity index (χ0n) is 13.3. The summed E-state index contributed by atoms with van der Waals surface area (Å²) in [6.45, 7) is 0.0159. The van der Waals surface area contributed by atoms with Gasteiger partial charge in [0.1, 0.15) is 18.2 Å². The second-order valence-corrected chi connectivity index (χ2v) is 7.46. The van der Waals surface area contributed by atoms with Crippen molar-refractivity contribution in [2.24, 2.45) is 0 Å². The molecule has 0 unspecified atom stereocenters. The lowest BCUT2D eigenvalue weighted by Gasteiger charge is -2.12. The molecular formula is C16H14Cl3FN2O2S. The van der Waals surface area contributed by atoms with Crippen molar-refractivity contribution in [3.8, 4) is 5.75 Å².